The van der Waals surface area contributed by atoms with E-state index in [2.05, 4.69) is 10.3 Å². The lowest BCUT2D eigenvalue weighted by molar-refractivity contribution is 0.0915. The molecule has 4 nitrogen and oxygen atoms in total. The number of aliphatic hydroxyl groups is 2. The molecule has 1 unspecified atom stereocenters. The Morgan fingerprint density at radius 3 is 2.89 bits per heavy atom. The molecule has 1 atom stereocenters. The second-order valence-electron chi connectivity index (χ2n) is 4.09. The van der Waals surface area contributed by atoms with E-state index >= 15 is 0 Å². The minimum absolute atomic E-state index is 0.103. The van der Waals surface area contributed by atoms with Gasteiger partial charge in [0.1, 0.15) is 0 Å². The Morgan fingerprint density at radius 1 is 1.39 bits per heavy atom. The second kappa shape index (κ2) is 5.06. The Bertz CT molecular complexity index is 520. The van der Waals surface area contributed by atoms with Gasteiger partial charge in [-0.05, 0) is 18.9 Å². The van der Waals surface area contributed by atoms with Crippen LogP contribution in [0.2, 0.25) is 0 Å². The molecule has 0 amide bonds. The van der Waals surface area contributed by atoms with Crippen molar-refractivity contribution in [2.45, 2.75) is 19.1 Å². The number of benzene rings is 1. The highest BCUT2D eigenvalue weighted by molar-refractivity contribution is 5.60. The number of allylic oxidation sites excluding steroid dienone is 2. The number of aliphatic imine (C=N–C) groups is 1. The summed E-state index contributed by atoms with van der Waals surface area (Å²) < 4.78 is 0. The maximum atomic E-state index is 10.5. The highest BCUT2D eigenvalue weighted by atomic mass is 16.3. The zero-order chi connectivity index (χ0) is 13.0. The summed E-state index contributed by atoms with van der Waals surface area (Å²) in [5.41, 5.74) is 0.140. The first-order valence-electron chi connectivity index (χ1n) is 5.79. The monoisotopic (exact) mass is 244 g/mol. The summed E-state index contributed by atoms with van der Waals surface area (Å²) in [5.74, 6) is -0.103. The molecule has 18 heavy (non-hydrogen) atoms. The van der Waals surface area contributed by atoms with Crippen LogP contribution in [0.3, 0.4) is 0 Å². The fourth-order valence-electron chi connectivity index (χ4n) is 1.92. The highest BCUT2D eigenvalue weighted by Gasteiger charge is 2.30. The van der Waals surface area contributed by atoms with Gasteiger partial charge in [-0.25, -0.2) is 4.99 Å². The standard InChI is InChI=1S/C14H16N2O2/c1-2-3-6-11-7-4-5-8-12(11)14(18)9-13(17)15-10-16-14/h2-5,7-10,17-18H,6H2,1H3,(H,15,16)/b3-2+. The number of aliphatic hydroxyl groups excluding tert-OH is 1. The first kappa shape index (κ1) is 12.4. The molecule has 0 aliphatic carbocycles. The lowest BCUT2D eigenvalue weighted by Gasteiger charge is -2.25. The quantitative estimate of drug-likeness (QED) is 0.712. The lowest BCUT2D eigenvalue weighted by Crippen LogP contribution is -2.30. The summed E-state index contributed by atoms with van der Waals surface area (Å²) >= 11 is 0. The normalized spacial score (nSPS) is 22.9. The van der Waals surface area contributed by atoms with E-state index in [4.69, 9.17) is 0 Å². The Balaban J connectivity index is 2.44. The number of hydrogen-bond donors (Lipinski definition) is 3. The van der Waals surface area contributed by atoms with Crippen molar-refractivity contribution in [3.05, 3.63) is 59.5 Å². The molecule has 0 bridgehead atoms. The van der Waals surface area contributed by atoms with Crippen LogP contribution < -0.4 is 5.32 Å². The fourth-order valence-corrected chi connectivity index (χ4v) is 1.92. The third-order valence-electron chi connectivity index (χ3n) is 2.80. The van der Waals surface area contributed by atoms with Crippen LogP contribution in [-0.4, -0.2) is 16.6 Å². The minimum Gasteiger partial charge on any atom is -0.495 e. The number of rotatable bonds is 3. The molecule has 0 fully saturated rings. The summed E-state index contributed by atoms with van der Waals surface area (Å²) in [4.78, 5) is 4.01. The van der Waals surface area contributed by atoms with Crippen LogP contribution in [0.25, 0.3) is 0 Å². The maximum Gasteiger partial charge on any atom is 0.209 e. The van der Waals surface area contributed by atoms with Gasteiger partial charge in [-0.15, -0.1) is 0 Å². The lowest BCUT2D eigenvalue weighted by atomic mass is 9.94. The zero-order valence-corrected chi connectivity index (χ0v) is 10.2. The van der Waals surface area contributed by atoms with E-state index in [1.165, 1.54) is 12.4 Å². The van der Waals surface area contributed by atoms with Crippen LogP contribution >= 0.6 is 0 Å². The van der Waals surface area contributed by atoms with Crippen LogP contribution in [0, 0.1) is 0 Å². The molecule has 1 aliphatic heterocycles. The van der Waals surface area contributed by atoms with Crippen molar-refractivity contribution in [3.63, 3.8) is 0 Å². The van der Waals surface area contributed by atoms with Crippen LogP contribution in [-0.2, 0) is 12.1 Å². The number of nitrogens with one attached hydrogen (secondary N) is 1. The average Bonchev–Trinajstić information content (AvgIpc) is 2.36. The van der Waals surface area contributed by atoms with E-state index in [1.54, 1.807) is 0 Å². The molecular weight excluding hydrogens is 228 g/mol. The predicted molar refractivity (Wildman–Crippen MR) is 71.2 cm³/mol. The van der Waals surface area contributed by atoms with Gasteiger partial charge in [0.25, 0.3) is 0 Å². The SMILES string of the molecule is C/C=C/Cc1ccccc1C1(O)C=C(O)NC=N1. The van der Waals surface area contributed by atoms with E-state index in [0.29, 0.717) is 12.0 Å². The fraction of sp³-hybridized carbons (Fsp3) is 0.214. The van der Waals surface area contributed by atoms with Crippen LogP contribution in [0.4, 0.5) is 0 Å². The zero-order valence-electron chi connectivity index (χ0n) is 10.2. The van der Waals surface area contributed by atoms with Gasteiger partial charge >= 0.3 is 0 Å². The Morgan fingerprint density at radius 2 is 2.17 bits per heavy atom. The molecular formula is C14H16N2O2. The van der Waals surface area contributed by atoms with Gasteiger partial charge in [-0.2, -0.15) is 0 Å². The van der Waals surface area contributed by atoms with Crippen molar-refractivity contribution in [2.24, 2.45) is 4.99 Å². The van der Waals surface area contributed by atoms with Crippen molar-refractivity contribution in [2.75, 3.05) is 0 Å². The molecule has 4 heteroatoms. The molecule has 0 aromatic heterocycles. The summed E-state index contributed by atoms with van der Waals surface area (Å²) in [6.45, 7) is 1.95. The Hall–Kier alpha value is -2.07. The van der Waals surface area contributed by atoms with E-state index in [-0.39, 0.29) is 5.88 Å². The molecule has 0 saturated carbocycles. The number of hydrogen-bond acceptors (Lipinski definition) is 4. The van der Waals surface area contributed by atoms with Gasteiger partial charge in [0.05, 0.1) is 6.34 Å². The van der Waals surface area contributed by atoms with Crippen LogP contribution in [0.1, 0.15) is 18.1 Å². The van der Waals surface area contributed by atoms with Crippen molar-refractivity contribution >= 4 is 6.34 Å². The van der Waals surface area contributed by atoms with Crippen molar-refractivity contribution in [1.29, 1.82) is 0 Å². The summed E-state index contributed by atoms with van der Waals surface area (Å²) in [5, 5.41) is 22.5. The van der Waals surface area contributed by atoms with Gasteiger partial charge < -0.3 is 15.5 Å². The van der Waals surface area contributed by atoms with E-state index in [9.17, 15) is 10.2 Å². The molecule has 94 valence electrons. The highest BCUT2D eigenvalue weighted by Crippen LogP contribution is 2.29. The second-order valence-corrected chi connectivity index (χ2v) is 4.09. The Labute approximate surface area is 106 Å². The van der Waals surface area contributed by atoms with Gasteiger partial charge in [0, 0.05) is 11.6 Å². The van der Waals surface area contributed by atoms with Gasteiger partial charge in [0.15, 0.2) is 5.88 Å². The van der Waals surface area contributed by atoms with Gasteiger partial charge in [0.2, 0.25) is 5.72 Å². The maximum absolute atomic E-state index is 10.5. The third-order valence-corrected chi connectivity index (χ3v) is 2.80. The van der Waals surface area contributed by atoms with Gasteiger partial charge in [-0.1, -0.05) is 36.4 Å². The third kappa shape index (κ3) is 2.43. The predicted octanol–water partition coefficient (Wildman–Crippen LogP) is 1.98. The molecule has 2 rings (SSSR count). The van der Waals surface area contributed by atoms with Crippen LogP contribution in [0.5, 0.6) is 0 Å². The van der Waals surface area contributed by atoms with Crippen LogP contribution in [0.15, 0.2) is 53.4 Å². The van der Waals surface area contributed by atoms with Crippen molar-refractivity contribution < 1.29 is 10.2 Å². The van der Waals surface area contributed by atoms with E-state index in [0.717, 1.165) is 5.56 Å². The van der Waals surface area contributed by atoms with Gasteiger partial charge in [-0.3, -0.25) is 0 Å². The minimum atomic E-state index is -1.51. The van der Waals surface area contributed by atoms with E-state index in [1.807, 2.05) is 43.3 Å². The topological polar surface area (TPSA) is 64.8 Å². The van der Waals surface area contributed by atoms with E-state index < -0.39 is 5.72 Å². The summed E-state index contributed by atoms with van der Waals surface area (Å²) in [7, 11) is 0. The first-order chi connectivity index (χ1) is 8.65. The smallest absolute Gasteiger partial charge is 0.209 e. The molecule has 1 aromatic rings. The molecule has 0 saturated heterocycles. The summed E-state index contributed by atoms with van der Waals surface area (Å²) in [6.07, 6.45) is 7.27. The molecule has 0 radical (unpaired) electrons. The molecule has 1 heterocycles. The number of nitrogens with zero attached hydrogens (tertiary/aromatic N) is 1. The molecule has 1 aromatic carbocycles. The Kier molecular flexibility index (Phi) is 3.48. The largest absolute Gasteiger partial charge is 0.495 e. The molecule has 1 aliphatic rings. The first-order valence-corrected chi connectivity index (χ1v) is 5.79. The summed E-state index contributed by atoms with van der Waals surface area (Å²) in [6, 6.07) is 7.51. The molecule has 0 spiro atoms. The van der Waals surface area contributed by atoms with Crippen molar-refractivity contribution in [1.82, 2.24) is 5.32 Å². The van der Waals surface area contributed by atoms with Crippen molar-refractivity contribution in [3.8, 4) is 0 Å². The average molecular weight is 244 g/mol. The molecule has 3 N–H and O–H groups in total.